The van der Waals surface area contributed by atoms with E-state index in [0.717, 1.165) is 31.6 Å². The second kappa shape index (κ2) is 5.61. The van der Waals surface area contributed by atoms with Crippen LogP contribution in [0.1, 0.15) is 12.8 Å². The van der Waals surface area contributed by atoms with Crippen LogP contribution >= 0.6 is 0 Å². The maximum atomic E-state index is 10.9. The zero-order valence-corrected chi connectivity index (χ0v) is 10.8. The van der Waals surface area contributed by atoms with Crippen molar-refractivity contribution >= 4 is 11.4 Å². The van der Waals surface area contributed by atoms with Crippen molar-refractivity contribution < 1.29 is 9.66 Å². The molecule has 1 atom stereocenters. The van der Waals surface area contributed by atoms with E-state index in [1.807, 2.05) is 0 Å². The van der Waals surface area contributed by atoms with Gasteiger partial charge in [0.2, 0.25) is 0 Å². The van der Waals surface area contributed by atoms with Crippen LogP contribution in [0.25, 0.3) is 0 Å². The Bertz CT molecular complexity index is 522. The quantitative estimate of drug-likeness (QED) is 0.476. The highest BCUT2D eigenvalue weighted by Gasteiger charge is 2.21. The van der Waals surface area contributed by atoms with Crippen molar-refractivity contribution in [3.05, 3.63) is 28.3 Å². The molecule has 0 unspecified atom stereocenters. The van der Waals surface area contributed by atoms with Crippen LogP contribution < -0.4 is 9.64 Å². The molecule has 19 heavy (non-hydrogen) atoms. The predicted molar refractivity (Wildman–Crippen MR) is 73.4 cm³/mol. The number of hydrogen-bond acceptors (Lipinski definition) is 4. The van der Waals surface area contributed by atoms with Gasteiger partial charge in [0.25, 0.3) is 0 Å². The Hall–Kier alpha value is -2.22. The SMILES string of the molecule is C#C[C@H]1CCCN(c2ccc([N+](=O)[O-])c(OC)c2)C1. The van der Waals surface area contributed by atoms with Crippen LogP contribution in [0.3, 0.4) is 0 Å². The lowest BCUT2D eigenvalue weighted by Crippen LogP contribution is -2.34. The molecule has 1 fully saturated rings. The Kier molecular flexibility index (Phi) is 3.91. The summed E-state index contributed by atoms with van der Waals surface area (Å²) in [5, 5.41) is 10.9. The molecule has 0 amide bonds. The van der Waals surface area contributed by atoms with Gasteiger partial charge in [0.15, 0.2) is 5.75 Å². The van der Waals surface area contributed by atoms with Crippen molar-refractivity contribution in [3.8, 4) is 18.1 Å². The molecular formula is C14H16N2O3. The summed E-state index contributed by atoms with van der Waals surface area (Å²) >= 11 is 0. The number of nitro groups is 1. The number of anilines is 1. The molecular weight excluding hydrogens is 244 g/mol. The highest BCUT2D eigenvalue weighted by molar-refractivity contribution is 5.59. The molecule has 5 nitrogen and oxygen atoms in total. The molecule has 0 aliphatic carbocycles. The molecule has 0 saturated carbocycles. The van der Waals surface area contributed by atoms with Crippen molar-refractivity contribution in [1.29, 1.82) is 0 Å². The van der Waals surface area contributed by atoms with E-state index in [0.29, 0.717) is 0 Å². The number of benzene rings is 1. The first kappa shape index (κ1) is 13.2. The average molecular weight is 260 g/mol. The molecule has 5 heteroatoms. The second-order valence-electron chi connectivity index (χ2n) is 4.57. The van der Waals surface area contributed by atoms with Crippen LogP contribution in [0.2, 0.25) is 0 Å². The summed E-state index contributed by atoms with van der Waals surface area (Å²) in [5.41, 5.74) is 0.902. The summed E-state index contributed by atoms with van der Waals surface area (Å²) in [7, 11) is 1.44. The first-order valence-electron chi connectivity index (χ1n) is 6.19. The largest absolute Gasteiger partial charge is 0.490 e. The number of methoxy groups -OCH3 is 1. The molecule has 0 bridgehead atoms. The van der Waals surface area contributed by atoms with Gasteiger partial charge in [-0.2, -0.15) is 0 Å². The molecule has 100 valence electrons. The molecule has 1 aliphatic rings. The van der Waals surface area contributed by atoms with E-state index in [-0.39, 0.29) is 17.4 Å². The molecule has 0 spiro atoms. The summed E-state index contributed by atoms with van der Waals surface area (Å²) in [5.74, 6) is 3.31. The Balaban J connectivity index is 2.26. The Morgan fingerprint density at radius 3 is 3.00 bits per heavy atom. The number of nitro benzene ring substituents is 1. The van der Waals surface area contributed by atoms with Crippen LogP contribution in [-0.4, -0.2) is 25.1 Å². The van der Waals surface area contributed by atoms with Gasteiger partial charge >= 0.3 is 5.69 Å². The highest BCUT2D eigenvalue weighted by atomic mass is 16.6. The van der Waals surface area contributed by atoms with Gasteiger partial charge in [-0.3, -0.25) is 10.1 Å². The molecule has 2 rings (SSSR count). The van der Waals surface area contributed by atoms with Gasteiger partial charge in [-0.25, -0.2) is 0 Å². The first-order chi connectivity index (χ1) is 9.15. The van der Waals surface area contributed by atoms with Gasteiger partial charge in [-0.1, -0.05) is 0 Å². The number of hydrogen-bond donors (Lipinski definition) is 0. The molecule has 1 aliphatic heterocycles. The minimum Gasteiger partial charge on any atom is -0.490 e. The lowest BCUT2D eigenvalue weighted by Gasteiger charge is -2.32. The molecule has 1 aromatic carbocycles. The Morgan fingerprint density at radius 2 is 2.37 bits per heavy atom. The third-order valence-electron chi connectivity index (χ3n) is 3.38. The fraction of sp³-hybridized carbons (Fsp3) is 0.429. The van der Waals surface area contributed by atoms with Crippen LogP contribution in [0, 0.1) is 28.4 Å². The number of nitrogens with zero attached hydrogens (tertiary/aromatic N) is 2. The monoisotopic (exact) mass is 260 g/mol. The molecule has 1 saturated heterocycles. The van der Waals surface area contributed by atoms with E-state index < -0.39 is 4.92 Å². The first-order valence-corrected chi connectivity index (χ1v) is 6.19. The van der Waals surface area contributed by atoms with Crippen molar-refractivity contribution in [3.63, 3.8) is 0 Å². The van der Waals surface area contributed by atoms with Gasteiger partial charge in [0, 0.05) is 36.8 Å². The third kappa shape index (κ3) is 2.79. The summed E-state index contributed by atoms with van der Waals surface area (Å²) < 4.78 is 5.08. The molecule has 0 aromatic heterocycles. The van der Waals surface area contributed by atoms with Crippen LogP contribution in [0.15, 0.2) is 18.2 Å². The van der Waals surface area contributed by atoms with Crippen LogP contribution in [-0.2, 0) is 0 Å². The average Bonchev–Trinajstić information content (AvgIpc) is 2.46. The third-order valence-corrected chi connectivity index (χ3v) is 3.38. The fourth-order valence-corrected chi connectivity index (χ4v) is 2.36. The maximum Gasteiger partial charge on any atom is 0.311 e. The van der Waals surface area contributed by atoms with E-state index in [4.69, 9.17) is 11.2 Å². The molecule has 1 aromatic rings. The van der Waals surface area contributed by atoms with Crippen molar-refractivity contribution in [2.45, 2.75) is 12.8 Å². The van der Waals surface area contributed by atoms with Gasteiger partial charge in [-0.15, -0.1) is 12.3 Å². The van der Waals surface area contributed by atoms with Crippen LogP contribution in [0.5, 0.6) is 5.75 Å². The molecule has 1 heterocycles. The smallest absolute Gasteiger partial charge is 0.311 e. The Labute approximate surface area is 112 Å². The van der Waals surface area contributed by atoms with Gasteiger partial charge in [0.05, 0.1) is 12.0 Å². The van der Waals surface area contributed by atoms with E-state index in [1.165, 1.54) is 13.2 Å². The lowest BCUT2D eigenvalue weighted by atomic mass is 9.98. The van der Waals surface area contributed by atoms with E-state index in [1.54, 1.807) is 12.1 Å². The summed E-state index contributed by atoms with van der Waals surface area (Å²) in [6.07, 6.45) is 7.55. The summed E-state index contributed by atoms with van der Waals surface area (Å²) in [6, 6.07) is 4.93. The van der Waals surface area contributed by atoms with E-state index >= 15 is 0 Å². The topological polar surface area (TPSA) is 55.6 Å². The number of ether oxygens (including phenoxy) is 1. The van der Waals surface area contributed by atoms with Crippen LogP contribution in [0.4, 0.5) is 11.4 Å². The zero-order valence-electron chi connectivity index (χ0n) is 10.8. The van der Waals surface area contributed by atoms with Crippen molar-refractivity contribution in [2.24, 2.45) is 5.92 Å². The number of terminal acetylenes is 1. The number of rotatable bonds is 3. The maximum absolute atomic E-state index is 10.9. The predicted octanol–water partition coefficient (Wildman–Crippen LogP) is 2.45. The lowest BCUT2D eigenvalue weighted by molar-refractivity contribution is -0.385. The molecule has 0 N–H and O–H groups in total. The zero-order chi connectivity index (χ0) is 13.8. The van der Waals surface area contributed by atoms with Crippen molar-refractivity contribution in [2.75, 3.05) is 25.1 Å². The van der Waals surface area contributed by atoms with E-state index in [2.05, 4.69) is 10.8 Å². The highest BCUT2D eigenvalue weighted by Crippen LogP contribution is 2.32. The minimum absolute atomic E-state index is 0.0169. The second-order valence-corrected chi connectivity index (χ2v) is 4.57. The standard InChI is InChI=1S/C14H16N2O3/c1-3-11-5-4-8-15(10-11)12-6-7-13(16(17)18)14(9-12)19-2/h1,6-7,9,11H,4-5,8,10H2,2H3/t11-/m0/s1. The van der Waals surface area contributed by atoms with Gasteiger partial charge in [-0.05, 0) is 18.9 Å². The van der Waals surface area contributed by atoms with Gasteiger partial charge < -0.3 is 9.64 Å². The van der Waals surface area contributed by atoms with Gasteiger partial charge in [0.1, 0.15) is 0 Å². The number of piperidine rings is 1. The van der Waals surface area contributed by atoms with E-state index in [9.17, 15) is 10.1 Å². The summed E-state index contributed by atoms with van der Waals surface area (Å²) in [6.45, 7) is 1.70. The normalized spacial score (nSPS) is 18.7. The fourth-order valence-electron chi connectivity index (χ4n) is 2.36. The van der Waals surface area contributed by atoms with Crippen molar-refractivity contribution in [1.82, 2.24) is 0 Å². The molecule has 0 radical (unpaired) electrons. The summed E-state index contributed by atoms with van der Waals surface area (Å²) in [4.78, 5) is 12.6. The minimum atomic E-state index is -0.441. The Morgan fingerprint density at radius 1 is 1.58 bits per heavy atom.